The molecule has 3 rings (SSSR count). The zero-order chi connectivity index (χ0) is 16.8. The van der Waals surface area contributed by atoms with E-state index in [1.54, 1.807) is 0 Å². The third-order valence-corrected chi connectivity index (χ3v) is 4.74. The topological polar surface area (TPSA) is 61.0 Å². The zero-order valence-electron chi connectivity index (χ0n) is 14.0. The number of nitrogens with one attached hydrogen (secondary N) is 2. The van der Waals surface area contributed by atoms with Crippen molar-refractivity contribution < 1.29 is 4.79 Å². The Kier molecular flexibility index (Phi) is 6.10. The van der Waals surface area contributed by atoms with Gasteiger partial charge in [-0.15, -0.1) is 0 Å². The van der Waals surface area contributed by atoms with Gasteiger partial charge in [-0.2, -0.15) is 0 Å². The second-order valence-corrected chi connectivity index (χ2v) is 6.89. The van der Waals surface area contributed by atoms with Crippen LogP contribution in [0.1, 0.15) is 37.9 Å². The fourth-order valence-corrected chi connectivity index (χ4v) is 3.38. The van der Waals surface area contributed by atoms with Crippen molar-refractivity contribution in [2.24, 2.45) is 0 Å². The maximum atomic E-state index is 11.9. The Morgan fingerprint density at radius 2 is 2.12 bits per heavy atom. The first kappa shape index (κ1) is 17.2. The molecule has 1 aliphatic heterocycles. The van der Waals surface area contributed by atoms with Gasteiger partial charge in [0.2, 0.25) is 5.91 Å². The third kappa shape index (κ3) is 4.95. The minimum Gasteiger partial charge on any atom is -0.356 e. The highest BCUT2D eigenvalue weighted by molar-refractivity contribution is 6.31. The largest absolute Gasteiger partial charge is 0.356 e. The van der Waals surface area contributed by atoms with Gasteiger partial charge in [-0.25, -0.2) is 4.98 Å². The summed E-state index contributed by atoms with van der Waals surface area (Å²) in [5, 5.41) is 3.68. The van der Waals surface area contributed by atoms with Gasteiger partial charge in [0.1, 0.15) is 5.82 Å². The molecule has 2 aromatic rings. The molecule has 0 aliphatic carbocycles. The average molecular weight is 349 g/mol. The summed E-state index contributed by atoms with van der Waals surface area (Å²) in [7, 11) is 0. The molecular formula is C18H25ClN4O. The first-order valence-electron chi connectivity index (χ1n) is 8.84. The van der Waals surface area contributed by atoms with Crippen molar-refractivity contribution in [2.45, 2.75) is 38.5 Å². The number of likely N-dealkylation sites (tertiary alicyclic amines) is 1. The summed E-state index contributed by atoms with van der Waals surface area (Å²) in [5.41, 5.74) is 1.84. The highest BCUT2D eigenvalue weighted by Gasteiger charge is 2.10. The third-order valence-electron chi connectivity index (χ3n) is 4.50. The molecule has 0 saturated carbocycles. The summed E-state index contributed by atoms with van der Waals surface area (Å²) < 4.78 is 0. The predicted octanol–water partition coefficient (Wildman–Crippen LogP) is 3.14. The van der Waals surface area contributed by atoms with Crippen LogP contribution in [-0.4, -0.2) is 47.0 Å². The number of hydrogen-bond donors (Lipinski definition) is 2. The van der Waals surface area contributed by atoms with Gasteiger partial charge in [0.05, 0.1) is 11.0 Å². The van der Waals surface area contributed by atoms with Crippen LogP contribution in [-0.2, 0) is 11.2 Å². The van der Waals surface area contributed by atoms with Gasteiger partial charge < -0.3 is 15.2 Å². The summed E-state index contributed by atoms with van der Waals surface area (Å²) in [6.45, 7) is 4.03. The minimum absolute atomic E-state index is 0.131. The van der Waals surface area contributed by atoms with Crippen molar-refractivity contribution in [2.75, 3.05) is 26.2 Å². The average Bonchev–Trinajstić information content (AvgIpc) is 2.97. The van der Waals surface area contributed by atoms with E-state index >= 15 is 0 Å². The monoisotopic (exact) mass is 348 g/mol. The molecule has 2 N–H and O–H groups in total. The van der Waals surface area contributed by atoms with Crippen molar-refractivity contribution in [3.05, 3.63) is 29.0 Å². The summed E-state index contributed by atoms with van der Waals surface area (Å²) >= 11 is 5.97. The van der Waals surface area contributed by atoms with Crippen LogP contribution in [0.15, 0.2) is 18.2 Å². The fourth-order valence-electron chi connectivity index (χ4n) is 3.21. The van der Waals surface area contributed by atoms with Crippen LogP contribution in [0.3, 0.4) is 0 Å². The smallest absolute Gasteiger partial charge is 0.220 e. The molecule has 1 aromatic heterocycles. The molecule has 1 saturated heterocycles. The van der Waals surface area contributed by atoms with Crippen LogP contribution >= 0.6 is 11.6 Å². The fraction of sp³-hybridized carbons (Fsp3) is 0.556. The molecule has 1 aliphatic rings. The van der Waals surface area contributed by atoms with Gasteiger partial charge in [-0.1, -0.05) is 18.0 Å². The number of H-pyrrole nitrogens is 1. The molecule has 1 fully saturated rings. The molecule has 6 heteroatoms. The van der Waals surface area contributed by atoms with Crippen LogP contribution in [0.5, 0.6) is 0 Å². The highest BCUT2D eigenvalue weighted by atomic mass is 35.5. The number of aromatic amines is 1. The molecule has 1 aromatic carbocycles. The lowest BCUT2D eigenvalue weighted by Gasteiger charge is -2.26. The zero-order valence-corrected chi connectivity index (χ0v) is 14.7. The molecule has 0 bridgehead atoms. The van der Waals surface area contributed by atoms with Crippen molar-refractivity contribution in [1.29, 1.82) is 0 Å². The van der Waals surface area contributed by atoms with E-state index in [-0.39, 0.29) is 5.91 Å². The van der Waals surface area contributed by atoms with E-state index in [0.717, 1.165) is 29.8 Å². The van der Waals surface area contributed by atoms with Gasteiger partial charge in [0.25, 0.3) is 0 Å². The number of nitrogens with zero attached hydrogens (tertiary/aromatic N) is 2. The lowest BCUT2D eigenvalue weighted by Crippen LogP contribution is -2.32. The van der Waals surface area contributed by atoms with Crippen molar-refractivity contribution in [3.63, 3.8) is 0 Å². The van der Waals surface area contributed by atoms with Gasteiger partial charge >= 0.3 is 0 Å². The summed E-state index contributed by atoms with van der Waals surface area (Å²) in [4.78, 5) is 22.1. The Morgan fingerprint density at radius 1 is 1.29 bits per heavy atom. The number of fused-ring (bicyclic) bond motifs is 1. The maximum Gasteiger partial charge on any atom is 0.220 e. The number of carbonyl (C=O) groups is 1. The Labute approximate surface area is 147 Å². The number of piperidine rings is 1. The molecule has 1 amide bonds. The lowest BCUT2D eigenvalue weighted by atomic mass is 10.1. The molecule has 2 heterocycles. The number of carbonyl (C=O) groups excluding carboxylic acids is 1. The van der Waals surface area contributed by atoms with Crippen LogP contribution < -0.4 is 5.32 Å². The molecule has 130 valence electrons. The maximum absolute atomic E-state index is 11.9. The molecular weight excluding hydrogens is 324 g/mol. The number of halogens is 1. The van der Waals surface area contributed by atoms with Gasteiger partial charge in [-0.3, -0.25) is 4.79 Å². The van der Waals surface area contributed by atoms with Crippen LogP contribution in [0.2, 0.25) is 5.02 Å². The standard InChI is InChI=1S/C18H25ClN4O/c19-14-6-7-15-16(13-14)22-17(21-15)8-9-20-18(24)5-4-12-23-10-2-1-3-11-23/h6-7,13H,1-5,8-12H2,(H,20,24)(H,21,22). The Morgan fingerprint density at radius 3 is 2.96 bits per heavy atom. The molecule has 0 radical (unpaired) electrons. The van der Waals surface area contributed by atoms with Crippen LogP contribution in [0.4, 0.5) is 0 Å². The van der Waals surface area contributed by atoms with Crippen molar-refractivity contribution >= 4 is 28.5 Å². The van der Waals surface area contributed by atoms with E-state index in [4.69, 9.17) is 11.6 Å². The SMILES string of the molecule is O=C(CCCN1CCCCC1)NCCc1nc2ccc(Cl)cc2[nH]1. The van der Waals surface area contributed by atoms with Gasteiger partial charge in [0.15, 0.2) is 0 Å². The second kappa shape index (κ2) is 8.49. The number of rotatable bonds is 7. The summed E-state index contributed by atoms with van der Waals surface area (Å²) in [5.74, 6) is 1.01. The predicted molar refractivity (Wildman–Crippen MR) is 97.3 cm³/mol. The van der Waals surface area contributed by atoms with E-state index in [0.29, 0.717) is 24.4 Å². The highest BCUT2D eigenvalue weighted by Crippen LogP contribution is 2.17. The van der Waals surface area contributed by atoms with Crippen LogP contribution in [0, 0.1) is 0 Å². The van der Waals surface area contributed by atoms with Crippen LogP contribution in [0.25, 0.3) is 11.0 Å². The van der Waals surface area contributed by atoms with Gasteiger partial charge in [0, 0.05) is 24.4 Å². The lowest BCUT2D eigenvalue weighted by molar-refractivity contribution is -0.121. The Hall–Kier alpha value is -1.59. The number of imidazole rings is 1. The van der Waals surface area contributed by atoms with Crippen molar-refractivity contribution in [3.8, 4) is 0 Å². The van der Waals surface area contributed by atoms with E-state index in [2.05, 4.69) is 20.2 Å². The minimum atomic E-state index is 0.131. The molecule has 5 nitrogen and oxygen atoms in total. The van der Waals surface area contributed by atoms with E-state index < -0.39 is 0 Å². The van der Waals surface area contributed by atoms with E-state index in [1.807, 2.05) is 18.2 Å². The number of benzene rings is 1. The molecule has 0 unspecified atom stereocenters. The molecule has 24 heavy (non-hydrogen) atoms. The first-order valence-corrected chi connectivity index (χ1v) is 9.22. The Bertz CT molecular complexity index is 679. The van der Waals surface area contributed by atoms with E-state index in [9.17, 15) is 4.79 Å². The van der Waals surface area contributed by atoms with E-state index in [1.165, 1.54) is 32.4 Å². The van der Waals surface area contributed by atoms with Crippen molar-refractivity contribution in [1.82, 2.24) is 20.2 Å². The quantitative estimate of drug-likeness (QED) is 0.808. The normalized spacial score (nSPS) is 15.7. The first-order chi connectivity index (χ1) is 11.7. The summed E-state index contributed by atoms with van der Waals surface area (Å²) in [6.07, 6.45) is 6.19. The second-order valence-electron chi connectivity index (χ2n) is 6.45. The van der Waals surface area contributed by atoms with Gasteiger partial charge in [-0.05, 0) is 57.1 Å². The number of hydrogen-bond acceptors (Lipinski definition) is 3. The molecule has 0 spiro atoms. The Balaban J connectivity index is 1.35. The number of amides is 1. The summed E-state index contributed by atoms with van der Waals surface area (Å²) in [6, 6.07) is 5.60. The molecule has 0 atom stereocenters. The number of aromatic nitrogens is 2.